The van der Waals surface area contributed by atoms with Gasteiger partial charge in [0, 0.05) is 30.0 Å². The van der Waals surface area contributed by atoms with Crippen LogP contribution in [0.5, 0.6) is 0 Å². The van der Waals surface area contributed by atoms with Gasteiger partial charge in [0.15, 0.2) is 0 Å². The van der Waals surface area contributed by atoms with Crippen molar-refractivity contribution >= 4 is 17.5 Å². The first-order chi connectivity index (χ1) is 6.34. The van der Waals surface area contributed by atoms with Crippen molar-refractivity contribution in [3.63, 3.8) is 0 Å². The molecule has 3 fully saturated rings. The fourth-order valence-corrected chi connectivity index (χ4v) is 4.42. The van der Waals surface area contributed by atoms with E-state index in [1.54, 1.807) is 0 Å². The number of Topliss-reactive ketones (excluding diaryl/α,β-unsaturated/α-hetero) is 1. The molecule has 0 aromatic carbocycles. The summed E-state index contributed by atoms with van der Waals surface area (Å²) in [7, 11) is 0. The second-order valence-corrected chi connectivity index (χ2v) is 5.75. The van der Waals surface area contributed by atoms with Crippen LogP contribution in [0, 0.1) is 0 Å². The number of fused-ring (bicyclic) bond motifs is 2. The van der Waals surface area contributed by atoms with Gasteiger partial charge in [-0.3, -0.25) is 9.69 Å². The number of carbonyl (C=O) groups excluding carboxylic acids is 1. The Morgan fingerprint density at radius 1 is 1.46 bits per heavy atom. The summed E-state index contributed by atoms with van der Waals surface area (Å²) in [6.45, 7) is 1.19. The first kappa shape index (κ1) is 8.30. The molecule has 3 rings (SSSR count). The number of rotatable bonds is 1. The molecular weight excluding hydrogens is 182 g/mol. The van der Waals surface area contributed by atoms with E-state index >= 15 is 0 Å². The molecule has 3 atom stereocenters. The van der Waals surface area contributed by atoms with Crippen molar-refractivity contribution < 1.29 is 4.79 Å². The van der Waals surface area contributed by atoms with Crippen LogP contribution in [-0.4, -0.2) is 40.3 Å². The first-order valence-electron chi connectivity index (χ1n) is 5.24. The summed E-state index contributed by atoms with van der Waals surface area (Å²) in [5.74, 6) is 1.78. The van der Waals surface area contributed by atoms with Gasteiger partial charge in [0.1, 0.15) is 5.78 Å². The summed E-state index contributed by atoms with van der Waals surface area (Å²) in [6, 6.07) is 1.05. The Bertz CT molecular complexity index is 243. The number of thioether (sulfide) groups is 1. The van der Waals surface area contributed by atoms with Gasteiger partial charge in [0.05, 0.1) is 6.04 Å². The van der Waals surface area contributed by atoms with Crippen molar-refractivity contribution in [2.45, 2.75) is 43.0 Å². The molecule has 2 aliphatic heterocycles. The number of carbonyl (C=O) groups is 1. The van der Waals surface area contributed by atoms with Gasteiger partial charge < -0.3 is 0 Å². The van der Waals surface area contributed by atoms with E-state index in [-0.39, 0.29) is 0 Å². The lowest BCUT2D eigenvalue weighted by Crippen LogP contribution is -2.44. The highest BCUT2D eigenvalue weighted by Gasteiger charge is 2.44. The lowest BCUT2D eigenvalue weighted by atomic mass is 10.1. The third-order valence-electron chi connectivity index (χ3n) is 3.62. The monoisotopic (exact) mass is 197 g/mol. The molecule has 0 N–H and O–H groups in total. The zero-order chi connectivity index (χ0) is 8.84. The van der Waals surface area contributed by atoms with Crippen LogP contribution in [0.2, 0.25) is 0 Å². The fourth-order valence-electron chi connectivity index (χ4n) is 2.96. The van der Waals surface area contributed by atoms with Crippen molar-refractivity contribution in [1.29, 1.82) is 0 Å². The molecule has 2 nitrogen and oxygen atoms in total. The third kappa shape index (κ3) is 1.24. The molecule has 3 unspecified atom stereocenters. The molecule has 0 spiro atoms. The van der Waals surface area contributed by atoms with Crippen molar-refractivity contribution in [2.75, 3.05) is 12.3 Å². The smallest absolute Gasteiger partial charge is 0.149 e. The molecule has 2 bridgehead atoms. The van der Waals surface area contributed by atoms with E-state index in [4.69, 9.17) is 0 Å². The summed E-state index contributed by atoms with van der Waals surface area (Å²) < 4.78 is 0. The second-order valence-electron chi connectivity index (χ2n) is 4.42. The van der Waals surface area contributed by atoms with Gasteiger partial charge in [-0.15, -0.1) is 0 Å². The predicted octanol–water partition coefficient (Wildman–Crippen LogP) is 1.30. The van der Waals surface area contributed by atoms with Crippen LogP contribution < -0.4 is 0 Å². The van der Waals surface area contributed by atoms with Crippen molar-refractivity contribution in [3.05, 3.63) is 0 Å². The van der Waals surface area contributed by atoms with Crippen molar-refractivity contribution in [1.82, 2.24) is 4.90 Å². The lowest BCUT2D eigenvalue weighted by Gasteiger charge is -2.31. The van der Waals surface area contributed by atoms with Crippen LogP contribution in [0.15, 0.2) is 0 Å². The summed E-state index contributed by atoms with van der Waals surface area (Å²) in [4.78, 5) is 14.1. The van der Waals surface area contributed by atoms with E-state index in [2.05, 4.69) is 16.7 Å². The SMILES string of the molecule is O=C1CCCC1N1CC2CC1CS2. The summed E-state index contributed by atoms with van der Waals surface area (Å²) >= 11 is 2.10. The average Bonchev–Trinajstić information content (AvgIpc) is 2.77. The highest BCUT2D eigenvalue weighted by atomic mass is 32.2. The summed E-state index contributed by atoms with van der Waals surface area (Å²) in [5, 5.41) is 0.846. The van der Waals surface area contributed by atoms with E-state index in [1.165, 1.54) is 18.7 Å². The average molecular weight is 197 g/mol. The fraction of sp³-hybridized carbons (Fsp3) is 0.900. The zero-order valence-electron chi connectivity index (χ0n) is 7.74. The molecule has 0 radical (unpaired) electrons. The number of likely N-dealkylation sites (tertiary alicyclic amines) is 1. The minimum Gasteiger partial charge on any atom is -0.298 e. The molecule has 3 heteroatoms. The van der Waals surface area contributed by atoms with Crippen LogP contribution in [0.1, 0.15) is 25.7 Å². The Hall–Kier alpha value is -0.0200. The van der Waals surface area contributed by atoms with Gasteiger partial charge in [-0.25, -0.2) is 0 Å². The molecular formula is C10H15NOS. The Morgan fingerprint density at radius 3 is 2.92 bits per heavy atom. The summed E-state index contributed by atoms with van der Waals surface area (Å²) in [5.41, 5.74) is 0. The van der Waals surface area contributed by atoms with Crippen molar-refractivity contribution in [3.8, 4) is 0 Å². The van der Waals surface area contributed by atoms with Gasteiger partial charge >= 0.3 is 0 Å². The van der Waals surface area contributed by atoms with E-state index in [9.17, 15) is 4.79 Å². The molecule has 1 aliphatic carbocycles. The molecule has 2 heterocycles. The molecule has 2 saturated heterocycles. The Kier molecular flexibility index (Phi) is 1.91. The van der Waals surface area contributed by atoms with Gasteiger partial charge in [0.2, 0.25) is 0 Å². The quantitative estimate of drug-likeness (QED) is 0.632. The highest BCUT2D eigenvalue weighted by Crippen LogP contribution is 2.40. The van der Waals surface area contributed by atoms with E-state index < -0.39 is 0 Å². The van der Waals surface area contributed by atoms with E-state index in [0.717, 1.165) is 30.6 Å². The van der Waals surface area contributed by atoms with Gasteiger partial charge in [-0.1, -0.05) is 0 Å². The minimum atomic E-state index is 0.316. The molecule has 72 valence electrons. The molecule has 1 saturated carbocycles. The largest absolute Gasteiger partial charge is 0.298 e. The maximum atomic E-state index is 11.6. The molecule has 0 amide bonds. The number of nitrogens with zero attached hydrogens (tertiary/aromatic N) is 1. The number of hydrogen-bond donors (Lipinski definition) is 0. The zero-order valence-corrected chi connectivity index (χ0v) is 8.55. The summed E-state index contributed by atoms with van der Waals surface area (Å²) in [6.07, 6.45) is 4.44. The van der Waals surface area contributed by atoms with Gasteiger partial charge in [-0.05, 0) is 19.3 Å². The maximum Gasteiger partial charge on any atom is 0.149 e. The normalized spacial score (nSPS) is 44.9. The first-order valence-corrected chi connectivity index (χ1v) is 6.29. The molecule has 0 aromatic heterocycles. The molecule has 13 heavy (non-hydrogen) atoms. The predicted molar refractivity (Wildman–Crippen MR) is 54.0 cm³/mol. The number of hydrogen-bond acceptors (Lipinski definition) is 3. The lowest BCUT2D eigenvalue weighted by molar-refractivity contribution is -0.122. The molecule has 0 aromatic rings. The van der Waals surface area contributed by atoms with Gasteiger partial charge in [-0.2, -0.15) is 11.8 Å². The maximum absolute atomic E-state index is 11.6. The second kappa shape index (κ2) is 2.99. The Labute approximate surface area is 83.1 Å². The van der Waals surface area contributed by atoms with Crippen LogP contribution in [0.3, 0.4) is 0 Å². The van der Waals surface area contributed by atoms with Crippen LogP contribution >= 0.6 is 11.8 Å². The van der Waals surface area contributed by atoms with E-state index in [0.29, 0.717) is 11.8 Å². The van der Waals surface area contributed by atoms with Crippen LogP contribution in [0.25, 0.3) is 0 Å². The van der Waals surface area contributed by atoms with Crippen LogP contribution in [-0.2, 0) is 4.79 Å². The standard InChI is InChI=1S/C10H15NOS/c12-10-3-1-2-9(10)11-5-8-4-7(11)6-13-8/h7-9H,1-6H2. The third-order valence-corrected chi connectivity index (χ3v) is 5.01. The van der Waals surface area contributed by atoms with Gasteiger partial charge in [0.25, 0.3) is 0 Å². The Morgan fingerprint density at radius 2 is 2.38 bits per heavy atom. The Balaban J connectivity index is 1.75. The highest BCUT2D eigenvalue weighted by molar-refractivity contribution is 8.00. The van der Waals surface area contributed by atoms with Crippen LogP contribution in [0.4, 0.5) is 0 Å². The topological polar surface area (TPSA) is 20.3 Å². The van der Waals surface area contributed by atoms with Crippen molar-refractivity contribution in [2.24, 2.45) is 0 Å². The minimum absolute atomic E-state index is 0.316. The number of ketones is 1. The van der Waals surface area contributed by atoms with E-state index in [1.807, 2.05) is 0 Å². The molecule has 3 aliphatic rings.